The number of Topliss-reactive ketones (excluding diaryl/α,β-unsaturated/α-hetero) is 1. The third-order valence-electron chi connectivity index (χ3n) is 5.31. The number of carbonyl (C=O) groups excluding carboxylic acids is 2. The van der Waals surface area contributed by atoms with Crippen molar-refractivity contribution in [1.82, 2.24) is 9.88 Å². The Balaban J connectivity index is 1.84. The van der Waals surface area contributed by atoms with E-state index in [-0.39, 0.29) is 22.9 Å². The monoisotopic (exact) mass is 482 g/mol. The number of amides is 1. The summed E-state index contributed by atoms with van der Waals surface area (Å²) >= 11 is 12.3. The molecule has 0 radical (unpaired) electrons. The Morgan fingerprint density at radius 1 is 1.12 bits per heavy atom. The number of hydrogen-bond donors (Lipinski definition) is 1. The first-order valence-corrected chi connectivity index (χ1v) is 11.0. The summed E-state index contributed by atoms with van der Waals surface area (Å²) in [7, 11) is 0. The van der Waals surface area contributed by atoms with Crippen LogP contribution in [0.15, 0.2) is 72.6 Å². The molecule has 2 aromatic carbocycles. The van der Waals surface area contributed by atoms with Gasteiger partial charge in [-0.1, -0.05) is 41.4 Å². The normalized spacial score (nSPS) is 17.4. The molecule has 6 nitrogen and oxygen atoms in total. The number of likely N-dealkylation sites (tertiary alicyclic amines) is 1. The van der Waals surface area contributed by atoms with Crippen molar-refractivity contribution in [2.45, 2.75) is 19.5 Å². The molecule has 0 saturated carbocycles. The van der Waals surface area contributed by atoms with Gasteiger partial charge < -0.3 is 14.7 Å². The van der Waals surface area contributed by atoms with Gasteiger partial charge in [-0.05, 0) is 54.4 Å². The first-order chi connectivity index (χ1) is 15.9. The predicted octanol–water partition coefficient (Wildman–Crippen LogP) is 5.41. The topological polar surface area (TPSA) is 79.7 Å². The molecule has 8 heteroatoms. The Morgan fingerprint density at radius 2 is 1.88 bits per heavy atom. The number of halogens is 2. The van der Waals surface area contributed by atoms with Gasteiger partial charge in [0.05, 0.1) is 23.2 Å². The average Bonchev–Trinajstić information content (AvgIpc) is 3.06. The first-order valence-electron chi connectivity index (χ1n) is 10.3. The minimum atomic E-state index is -0.812. The summed E-state index contributed by atoms with van der Waals surface area (Å²) in [5.74, 6) is -1.34. The highest BCUT2D eigenvalue weighted by Crippen LogP contribution is 2.41. The molecule has 0 spiro atoms. The highest BCUT2D eigenvalue weighted by Gasteiger charge is 2.46. The van der Waals surface area contributed by atoms with Crippen LogP contribution in [0.25, 0.3) is 5.76 Å². The molecule has 1 aliphatic heterocycles. The number of aliphatic hydroxyl groups excluding tert-OH is 1. The van der Waals surface area contributed by atoms with Crippen molar-refractivity contribution in [1.29, 1.82) is 0 Å². The van der Waals surface area contributed by atoms with Crippen LogP contribution in [0.4, 0.5) is 0 Å². The standard InChI is InChI=1S/C25H20Cl2N2O4/c1-2-33-20-10-7-17(12-19(20)27)23(30)21-22(16-5-8-18(26)9-6-16)29(25(32)24(21)31)14-15-4-3-11-28-13-15/h3-13,22,30H,2,14H2,1H3/b23-21+. The van der Waals surface area contributed by atoms with E-state index in [1.807, 2.05) is 13.0 Å². The van der Waals surface area contributed by atoms with Crippen molar-refractivity contribution in [3.63, 3.8) is 0 Å². The molecule has 1 N–H and O–H groups in total. The molecule has 1 fully saturated rings. The maximum Gasteiger partial charge on any atom is 0.295 e. The van der Waals surface area contributed by atoms with Crippen LogP contribution in [0.2, 0.25) is 10.0 Å². The van der Waals surface area contributed by atoms with Crippen molar-refractivity contribution in [3.05, 3.63) is 99.3 Å². The van der Waals surface area contributed by atoms with Gasteiger partial charge in [0.1, 0.15) is 11.5 Å². The zero-order valence-corrected chi connectivity index (χ0v) is 19.2. The van der Waals surface area contributed by atoms with Crippen molar-refractivity contribution in [2.24, 2.45) is 0 Å². The van der Waals surface area contributed by atoms with E-state index >= 15 is 0 Å². The molecule has 1 amide bonds. The summed E-state index contributed by atoms with van der Waals surface area (Å²) in [6.07, 6.45) is 3.26. The Bertz CT molecular complexity index is 1230. The molecule has 1 unspecified atom stereocenters. The number of nitrogens with zero attached hydrogens (tertiary/aromatic N) is 2. The Morgan fingerprint density at radius 3 is 2.52 bits per heavy atom. The Labute approximate surface area is 201 Å². The molecule has 0 aliphatic carbocycles. The van der Waals surface area contributed by atoms with Gasteiger partial charge in [-0.3, -0.25) is 14.6 Å². The van der Waals surface area contributed by atoms with Crippen molar-refractivity contribution >= 4 is 40.7 Å². The van der Waals surface area contributed by atoms with Crippen molar-refractivity contribution in [2.75, 3.05) is 6.61 Å². The minimum Gasteiger partial charge on any atom is -0.507 e. The van der Waals surface area contributed by atoms with Gasteiger partial charge >= 0.3 is 0 Å². The van der Waals surface area contributed by atoms with Gasteiger partial charge in [-0.2, -0.15) is 0 Å². The van der Waals surface area contributed by atoms with E-state index < -0.39 is 17.7 Å². The summed E-state index contributed by atoms with van der Waals surface area (Å²) in [6, 6.07) is 14.3. The SMILES string of the molecule is CCOc1ccc(/C(O)=C2\C(=O)C(=O)N(Cc3cccnc3)C2c2ccc(Cl)cc2)cc1Cl. The number of rotatable bonds is 6. The van der Waals surface area contributed by atoms with Crippen LogP contribution in [0.3, 0.4) is 0 Å². The van der Waals surface area contributed by atoms with Gasteiger partial charge in [-0.15, -0.1) is 0 Å². The number of carbonyl (C=O) groups is 2. The number of benzene rings is 2. The van der Waals surface area contributed by atoms with Gasteiger partial charge in [0.2, 0.25) is 0 Å². The van der Waals surface area contributed by atoms with E-state index in [2.05, 4.69) is 4.98 Å². The summed E-state index contributed by atoms with van der Waals surface area (Å²) < 4.78 is 5.44. The van der Waals surface area contributed by atoms with Crippen LogP contribution in [0, 0.1) is 0 Å². The van der Waals surface area contributed by atoms with Gasteiger partial charge in [-0.25, -0.2) is 0 Å². The number of hydrogen-bond acceptors (Lipinski definition) is 5. The average molecular weight is 483 g/mol. The van der Waals surface area contributed by atoms with E-state index in [0.29, 0.717) is 28.5 Å². The summed E-state index contributed by atoms with van der Waals surface area (Å²) in [6.45, 7) is 2.41. The molecule has 0 bridgehead atoms. The summed E-state index contributed by atoms with van der Waals surface area (Å²) in [5, 5.41) is 12.0. The third-order valence-corrected chi connectivity index (χ3v) is 5.85. The second-order valence-corrected chi connectivity index (χ2v) is 8.26. The van der Waals surface area contributed by atoms with Crippen LogP contribution >= 0.6 is 23.2 Å². The fourth-order valence-electron chi connectivity index (χ4n) is 3.80. The van der Waals surface area contributed by atoms with E-state index in [1.165, 1.54) is 11.0 Å². The molecule has 1 saturated heterocycles. The molecule has 168 valence electrons. The number of pyridine rings is 1. The van der Waals surface area contributed by atoms with Crippen LogP contribution in [-0.4, -0.2) is 33.3 Å². The number of aromatic nitrogens is 1. The highest BCUT2D eigenvalue weighted by atomic mass is 35.5. The number of ketones is 1. The maximum absolute atomic E-state index is 13.1. The quantitative estimate of drug-likeness (QED) is 0.288. The molecule has 3 aromatic rings. The minimum absolute atomic E-state index is 0.0218. The largest absolute Gasteiger partial charge is 0.507 e. The molecular weight excluding hydrogens is 463 g/mol. The zero-order chi connectivity index (χ0) is 23.5. The highest BCUT2D eigenvalue weighted by molar-refractivity contribution is 6.46. The summed E-state index contributed by atoms with van der Waals surface area (Å²) in [4.78, 5) is 31.7. The lowest BCUT2D eigenvalue weighted by Gasteiger charge is -2.25. The van der Waals surface area contributed by atoms with Crippen molar-refractivity contribution < 1.29 is 19.4 Å². The summed E-state index contributed by atoms with van der Waals surface area (Å²) in [5.41, 5.74) is 1.68. The second-order valence-electron chi connectivity index (χ2n) is 7.42. The predicted molar refractivity (Wildman–Crippen MR) is 126 cm³/mol. The Hall–Kier alpha value is -3.35. The smallest absolute Gasteiger partial charge is 0.295 e. The van der Waals surface area contributed by atoms with E-state index in [0.717, 1.165) is 5.56 Å². The molecule has 2 heterocycles. The van der Waals surface area contributed by atoms with Crippen LogP contribution < -0.4 is 4.74 Å². The lowest BCUT2D eigenvalue weighted by atomic mass is 9.95. The van der Waals surface area contributed by atoms with Gasteiger partial charge in [0.15, 0.2) is 0 Å². The molecule has 1 atom stereocenters. The third kappa shape index (κ3) is 4.58. The fourth-order valence-corrected chi connectivity index (χ4v) is 4.16. The number of aliphatic hydroxyl groups is 1. The maximum atomic E-state index is 13.1. The first kappa shape index (κ1) is 22.8. The van der Waals surface area contributed by atoms with Gasteiger partial charge in [0.25, 0.3) is 11.7 Å². The lowest BCUT2D eigenvalue weighted by molar-refractivity contribution is -0.140. The van der Waals surface area contributed by atoms with Crippen LogP contribution in [-0.2, 0) is 16.1 Å². The van der Waals surface area contributed by atoms with Crippen LogP contribution in [0.5, 0.6) is 5.75 Å². The number of ether oxygens (including phenoxy) is 1. The molecular formula is C25H20Cl2N2O4. The fraction of sp³-hybridized carbons (Fsp3) is 0.160. The van der Waals surface area contributed by atoms with E-state index in [9.17, 15) is 14.7 Å². The van der Waals surface area contributed by atoms with Crippen LogP contribution in [0.1, 0.15) is 29.7 Å². The van der Waals surface area contributed by atoms with Crippen molar-refractivity contribution in [3.8, 4) is 5.75 Å². The van der Waals surface area contributed by atoms with E-state index in [1.54, 1.807) is 54.9 Å². The van der Waals surface area contributed by atoms with Gasteiger partial charge in [0, 0.05) is 29.5 Å². The Kier molecular flexibility index (Phi) is 6.67. The zero-order valence-electron chi connectivity index (χ0n) is 17.7. The second kappa shape index (κ2) is 9.65. The lowest BCUT2D eigenvalue weighted by Crippen LogP contribution is -2.29. The molecule has 1 aromatic heterocycles. The molecule has 4 rings (SSSR count). The molecule has 1 aliphatic rings. The van der Waals surface area contributed by atoms with E-state index in [4.69, 9.17) is 27.9 Å². The molecule has 33 heavy (non-hydrogen) atoms.